The Morgan fingerprint density at radius 1 is 1.22 bits per heavy atom. The van der Waals surface area contributed by atoms with Gasteiger partial charge < -0.3 is 5.32 Å². The van der Waals surface area contributed by atoms with E-state index in [1.54, 1.807) is 0 Å². The van der Waals surface area contributed by atoms with Crippen LogP contribution in [0.1, 0.15) is 23.6 Å². The Bertz CT molecular complexity index is 485. The molecule has 0 aliphatic rings. The number of benzene rings is 1. The van der Waals surface area contributed by atoms with Crippen LogP contribution in [0, 0.1) is 0 Å². The van der Waals surface area contributed by atoms with E-state index in [0.717, 1.165) is 17.9 Å². The van der Waals surface area contributed by atoms with Gasteiger partial charge in [-0.2, -0.15) is 0 Å². The molecule has 0 fully saturated rings. The highest BCUT2D eigenvalue weighted by Crippen LogP contribution is 2.21. The van der Waals surface area contributed by atoms with E-state index < -0.39 is 0 Å². The van der Waals surface area contributed by atoms with Crippen molar-refractivity contribution in [1.82, 2.24) is 10.3 Å². The molecule has 2 aromatic rings. The first-order valence-electron chi connectivity index (χ1n) is 6.11. The first-order chi connectivity index (χ1) is 8.79. The van der Waals surface area contributed by atoms with Gasteiger partial charge in [-0.3, -0.25) is 4.98 Å². The van der Waals surface area contributed by atoms with Gasteiger partial charge in [0, 0.05) is 23.5 Å². The minimum atomic E-state index is 0.330. The molecule has 0 radical (unpaired) electrons. The Morgan fingerprint density at radius 2 is 2.00 bits per heavy atom. The molecule has 1 heterocycles. The van der Waals surface area contributed by atoms with Crippen molar-refractivity contribution in [1.29, 1.82) is 0 Å². The molecule has 18 heavy (non-hydrogen) atoms. The summed E-state index contributed by atoms with van der Waals surface area (Å²) >= 11 is 6.03. The van der Waals surface area contributed by atoms with Crippen LogP contribution in [-0.4, -0.2) is 12.0 Å². The van der Waals surface area contributed by atoms with Gasteiger partial charge in [0.15, 0.2) is 0 Å². The number of halogens is 1. The monoisotopic (exact) mass is 260 g/mol. The maximum absolute atomic E-state index is 6.03. The third kappa shape index (κ3) is 3.56. The van der Waals surface area contributed by atoms with E-state index in [1.165, 1.54) is 11.1 Å². The summed E-state index contributed by atoms with van der Waals surface area (Å²) in [6, 6.07) is 12.5. The SMILES string of the molecule is CNC(CCc1ccncc1)c1cccc(Cl)c1. The molecular formula is C15H17ClN2. The van der Waals surface area contributed by atoms with Gasteiger partial charge in [0.2, 0.25) is 0 Å². The molecule has 0 saturated carbocycles. The Hall–Kier alpha value is -1.38. The third-order valence-electron chi connectivity index (χ3n) is 3.07. The average molecular weight is 261 g/mol. The fourth-order valence-electron chi connectivity index (χ4n) is 2.06. The van der Waals surface area contributed by atoms with Gasteiger partial charge in [0.05, 0.1) is 0 Å². The lowest BCUT2D eigenvalue weighted by Crippen LogP contribution is -2.17. The van der Waals surface area contributed by atoms with Crippen molar-refractivity contribution in [3.05, 3.63) is 64.9 Å². The molecule has 0 aliphatic heterocycles. The molecule has 1 unspecified atom stereocenters. The molecule has 1 atom stereocenters. The maximum Gasteiger partial charge on any atom is 0.0409 e. The fraction of sp³-hybridized carbons (Fsp3) is 0.267. The average Bonchev–Trinajstić information content (AvgIpc) is 2.41. The summed E-state index contributed by atoms with van der Waals surface area (Å²) in [5.74, 6) is 0. The first kappa shape index (κ1) is 13.1. The van der Waals surface area contributed by atoms with Crippen molar-refractivity contribution in [2.75, 3.05) is 7.05 Å². The zero-order valence-corrected chi connectivity index (χ0v) is 11.2. The molecule has 1 N–H and O–H groups in total. The van der Waals surface area contributed by atoms with Gasteiger partial charge in [-0.25, -0.2) is 0 Å². The Kier molecular flexibility index (Phi) is 4.73. The zero-order chi connectivity index (χ0) is 12.8. The summed E-state index contributed by atoms with van der Waals surface area (Å²) < 4.78 is 0. The van der Waals surface area contributed by atoms with Crippen LogP contribution >= 0.6 is 11.6 Å². The maximum atomic E-state index is 6.03. The molecule has 0 aliphatic carbocycles. The van der Waals surface area contributed by atoms with E-state index in [2.05, 4.69) is 28.5 Å². The fourth-order valence-corrected chi connectivity index (χ4v) is 2.26. The van der Waals surface area contributed by atoms with Gasteiger partial charge in [-0.1, -0.05) is 23.7 Å². The normalized spacial score (nSPS) is 12.3. The second kappa shape index (κ2) is 6.53. The highest BCUT2D eigenvalue weighted by Gasteiger charge is 2.09. The number of hydrogen-bond acceptors (Lipinski definition) is 2. The standard InChI is InChI=1S/C15H17ClN2/c1-17-15(13-3-2-4-14(16)11-13)6-5-12-7-9-18-10-8-12/h2-4,7-11,15,17H,5-6H2,1H3. The Morgan fingerprint density at radius 3 is 2.67 bits per heavy atom. The first-order valence-corrected chi connectivity index (χ1v) is 6.49. The van der Waals surface area contributed by atoms with E-state index in [4.69, 9.17) is 11.6 Å². The Balaban J connectivity index is 2.02. The van der Waals surface area contributed by atoms with Gasteiger partial charge in [-0.05, 0) is 55.3 Å². The van der Waals surface area contributed by atoms with Crippen LogP contribution < -0.4 is 5.32 Å². The summed E-state index contributed by atoms with van der Waals surface area (Å²) in [5.41, 5.74) is 2.55. The molecule has 94 valence electrons. The minimum Gasteiger partial charge on any atom is -0.313 e. The molecule has 0 bridgehead atoms. The minimum absolute atomic E-state index is 0.330. The summed E-state index contributed by atoms with van der Waals surface area (Å²) in [5, 5.41) is 4.13. The van der Waals surface area contributed by atoms with Crippen LogP contribution in [0.2, 0.25) is 5.02 Å². The highest BCUT2D eigenvalue weighted by atomic mass is 35.5. The van der Waals surface area contributed by atoms with E-state index in [1.807, 2.05) is 37.6 Å². The molecule has 0 amide bonds. The molecule has 0 saturated heterocycles. The summed E-state index contributed by atoms with van der Waals surface area (Å²) in [7, 11) is 1.98. The van der Waals surface area contributed by atoms with Crippen molar-refractivity contribution in [2.24, 2.45) is 0 Å². The van der Waals surface area contributed by atoms with Crippen molar-refractivity contribution in [3.8, 4) is 0 Å². The molecule has 3 heteroatoms. The number of pyridine rings is 1. The number of hydrogen-bond donors (Lipinski definition) is 1. The predicted octanol–water partition coefficient (Wildman–Crippen LogP) is 3.63. The van der Waals surface area contributed by atoms with E-state index in [-0.39, 0.29) is 0 Å². The molecule has 2 nitrogen and oxygen atoms in total. The largest absolute Gasteiger partial charge is 0.313 e. The van der Waals surface area contributed by atoms with E-state index >= 15 is 0 Å². The van der Waals surface area contributed by atoms with Crippen molar-refractivity contribution < 1.29 is 0 Å². The van der Waals surface area contributed by atoms with Gasteiger partial charge in [0.1, 0.15) is 0 Å². The van der Waals surface area contributed by atoms with Crippen LogP contribution in [0.4, 0.5) is 0 Å². The molecular weight excluding hydrogens is 244 g/mol. The molecule has 2 rings (SSSR count). The number of rotatable bonds is 5. The molecule has 0 spiro atoms. The van der Waals surface area contributed by atoms with Gasteiger partial charge in [-0.15, -0.1) is 0 Å². The number of aromatic nitrogens is 1. The second-order valence-corrected chi connectivity index (χ2v) is 4.73. The number of nitrogens with zero attached hydrogens (tertiary/aromatic N) is 1. The van der Waals surface area contributed by atoms with Crippen LogP contribution in [0.25, 0.3) is 0 Å². The van der Waals surface area contributed by atoms with Crippen LogP contribution in [-0.2, 0) is 6.42 Å². The van der Waals surface area contributed by atoms with E-state index in [9.17, 15) is 0 Å². The quantitative estimate of drug-likeness (QED) is 0.888. The third-order valence-corrected chi connectivity index (χ3v) is 3.31. The van der Waals surface area contributed by atoms with E-state index in [0.29, 0.717) is 6.04 Å². The van der Waals surface area contributed by atoms with Crippen molar-refractivity contribution in [3.63, 3.8) is 0 Å². The number of nitrogens with one attached hydrogen (secondary N) is 1. The predicted molar refractivity (Wildman–Crippen MR) is 75.8 cm³/mol. The van der Waals surface area contributed by atoms with Crippen molar-refractivity contribution in [2.45, 2.75) is 18.9 Å². The van der Waals surface area contributed by atoms with Gasteiger partial charge >= 0.3 is 0 Å². The lowest BCUT2D eigenvalue weighted by molar-refractivity contribution is 0.549. The summed E-state index contributed by atoms with van der Waals surface area (Å²) in [6.07, 6.45) is 5.74. The Labute approximate surface area is 113 Å². The van der Waals surface area contributed by atoms with Gasteiger partial charge in [0.25, 0.3) is 0 Å². The highest BCUT2D eigenvalue weighted by molar-refractivity contribution is 6.30. The van der Waals surface area contributed by atoms with Crippen LogP contribution in [0.5, 0.6) is 0 Å². The smallest absolute Gasteiger partial charge is 0.0409 e. The topological polar surface area (TPSA) is 24.9 Å². The van der Waals surface area contributed by atoms with Crippen LogP contribution in [0.15, 0.2) is 48.8 Å². The lowest BCUT2D eigenvalue weighted by Gasteiger charge is -2.16. The van der Waals surface area contributed by atoms with Crippen LogP contribution in [0.3, 0.4) is 0 Å². The zero-order valence-electron chi connectivity index (χ0n) is 10.4. The molecule has 1 aromatic heterocycles. The summed E-state index contributed by atoms with van der Waals surface area (Å²) in [6.45, 7) is 0. The lowest BCUT2D eigenvalue weighted by atomic mass is 10.00. The molecule has 1 aromatic carbocycles. The second-order valence-electron chi connectivity index (χ2n) is 4.29. The summed E-state index contributed by atoms with van der Waals surface area (Å²) in [4.78, 5) is 4.03. The van der Waals surface area contributed by atoms with Crippen molar-refractivity contribution >= 4 is 11.6 Å². The number of aryl methyl sites for hydroxylation is 1.